The van der Waals surface area contributed by atoms with Crippen molar-refractivity contribution in [2.45, 2.75) is 25.2 Å². The lowest BCUT2D eigenvalue weighted by Crippen LogP contribution is -2.13. The molecule has 0 atom stereocenters. The molecule has 1 aliphatic carbocycles. The summed E-state index contributed by atoms with van der Waals surface area (Å²) in [6, 6.07) is 9.11. The summed E-state index contributed by atoms with van der Waals surface area (Å²) in [7, 11) is 3.88. The third kappa shape index (κ3) is 5.50. The van der Waals surface area contributed by atoms with Crippen molar-refractivity contribution in [1.29, 1.82) is 0 Å². The Balaban J connectivity index is 1.54. The summed E-state index contributed by atoms with van der Waals surface area (Å²) in [4.78, 5) is 26.4. The van der Waals surface area contributed by atoms with Crippen molar-refractivity contribution in [3.63, 3.8) is 0 Å². The Morgan fingerprint density at radius 2 is 2.00 bits per heavy atom. The summed E-state index contributed by atoms with van der Waals surface area (Å²) in [5, 5.41) is 10.0. The molecule has 6 nitrogen and oxygen atoms in total. The molecule has 1 fully saturated rings. The second-order valence-corrected chi connectivity index (χ2v) is 7.40. The fourth-order valence-electron chi connectivity index (χ4n) is 2.81. The number of nitrogens with zero attached hydrogens (tertiary/aromatic N) is 2. The van der Waals surface area contributed by atoms with Crippen LogP contribution in [0.15, 0.2) is 49.1 Å². The number of amides is 1. The van der Waals surface area contributed by atoms with E-state index in [0.717, 1.165) is 17.0 Å². The smallest absolute Gasteiger partial charge is 0.248 e. The lowest BCUT2D eigenvalue weighted by atomic mass is 10.00. The minimum absolute atomic E-state index is 0.0469. The number of carbonyl (C=O) groups is 2. The largest absolute Gasteiger partial charge is 0.323 e. The van der Waals surface area contributed by atoms with Crippen molar-refractivity contribution < 1.29 is 9.59 Å². The number of nitrogens with one attached hydrogen (secondary N) is 2. The molecule has 1 heterocycles. The van der Waals surface area contributed by atoms with Gasteiger partial charge in [-0.3, -0.25) is 14.7 Å². The van der Waals surface area contributed by atoms with Crippen molar-refractivity contribution in [1.82, 2.24) is 15.1 Å². The second-order valence-electron chi connectivity index (χ2n) is 7.40. The molecular formula is C22H26N4O2. The van der Waals surface area contributed by atoms with E-state index in [0.29, 0.717) is 23.7 Å². The number of likely N-dealkylation sites (N-methyl/N-ethyl adjacent to an activating group) is 1. The van der Waals surface area contributed by atoms with E-state index in [1.54, 1.807) is 30.3 Å². The summed E-state index contributed by atoms with van der Waals surface area (Å²) in [5.74, 6) is 0.327. The third-order valence-electron chi connectivity index (χ3n) is 4.57. The number of H-pyrrole nitrogens is 1. The first kappa shape index (κ1) is 19.8. The van der Waals surface area contributed by atoms with Crippen LogP contribution in [0.5, 0.6) is 0 Å². The first-order chi connectivity index (χ1) is 13.4. The Kier molecular flexibility index (Phi) is 6.21. The molecule has 1 aromatic heterocycles. The number of ketones is 1. The monoisotopic (exact) mass is 378 g/mol. The molecule has 0 aliphatic heterocycles. The number of hydrogen-bond acceptors (Lipinski definition) is 4. The van der Waals surface area contributed by atoms with Gasteiger partial charge in [0.25, 0.3) is 0 Å². The molecule has 0 radical (unpaired) electrons. The molecule has 146 valence electrons. The van der Waals surface area contributed by atoms with Gasteiger partial charge in [0.2, 0.25) is 5.91 Å². The Hall–Kier alpha value is -2.99. The summed E-state index contributed by atoms with van der Waals surface area (Å²) < 4.78 is 0. The highest BCUT2D eigenvalue weighted by atomic mass is 16.1. The van der Waals surface area contributed by atoms with E-state index in [2.05, 4.69) is 22.1 Å². The van der Waals surface area contributed by atoms with E-state index in [4.69, 9.17) is 0 Å². The van der Waals surface area contributed by atoms with Gasteiger partial charge in [0.15, 0.2) is 5.78 Å². The van der Waals surface area contributed by atoms with Gasteiger partial charge in [0.05, 0.1) is 12.1 Å². The van der Waals surface area contributed by atoms with Gasteiger partial charge in [-0.25, -0.2) is 0 Å². The van der Waals surface area contributed by atoms with Gasteiger partial charge in [0, 0.05) is 35.5 Å². The molecule has 6 heteroatoms. The van der Waals surface area contributed by atoms with Crippen LogP contribution in [0.25, 0.3) is 5.57 Å². The van der Waals surface area contributed by atoms with Crippen LogP contribution in [-0.2, 0) is 16.0 Å². The minimum atomic E-state index is -0.185. The van der Waals surface area contributed by atoms with Crippen LogP contribution in [0, 0.1) is 0 Å². The lowest BCUT2D eigenvalue weighted by Gasteiger charge is -2.07. The number of benzene rings is 1. The van der Waals surface area contributed by atoms with Crippen LogP contribution < -0.4 is 5.32 Å². The number of aromatic amines is 1. The Morgan fingerprint density at radius 3 is 2.64 bits per heavy atom. The van der Waals surface area contributed by atoms with E-state index in [9.17, 15) is 9.59 Å². The second kappa shape index (κ2) is 8.80. The molecule has 3 rings (SSSR count). The number of Topliss-reactive ketones (excluding diaryl/α,β-unsaturated/α-hetero) is 1. The molecule has 1 aliphatic rings. The average Bonchev–Trinajstić information content (AvgIpc) is 3.41. The van der Waals surface area contributed by atoms with Crippen molar-refractivity contribution in [3.05, 3.63) is 66.0 Å². The van der Waals surface area contributed by atoms with Gasteiger partial charge in [-0.05, 0) is 50.7 Å². The first-order valence-corrected chi connectivity index (χ1v) is 9.41. The first-order valence-electron chi connectivity index (χ1n) is 9.41. The average molecular weight is 378 g/mol. The van der Waals surface area contributed by atoms with Crippen molar-refractivity contribution in [2.24, 2.45) is 0 Å². The fraction of sp³-hybridized carbons (Fsp3) is 0.318. The lowest BCUT2D eigenvalue weighted by molar-refractivity contribution is -0.113. The third-order valence-corrected chi connectivity index (χ3v) is 4.57. The van der Waals surface area contributed by atoms with Crippen molar-refractivity contribution >= 4 is 23.0 Å². The van der Waals surface area contributed by atoms with Gasteiger partial charge in [-0.15, -0.1) is 0 Å². The van der Waals surface area contributed by atoms with Gasteiger partial charge in [0.1, 0.15) is 0 Å². The highest BCUT2D eigenvalue weighted by Crippen LogP contribution is 2.39. The van der Waals surface area contributed by atoms with Crippen LogP contribution in [0.4, 0.5) is 5.69 Å². The fourth-order valence-corrected chi connectivity index (χ4v) is 2.81. The SMILES string of the molecule is C=C(C(=O)Cc1cc(C2CC2)n[nH]1)c1ccc(NC(=O)/C=C/CN(C)C)cc1. The van der Waals surface area contributed by atoms with E-state index in [1.165, 1.54) is 18.9 Å². The molecule has 1 amide bonds. The van der Waals surface area contributed by atoms with Crippen LogP contribution in [0.2, 0.25) is 0 Å². The maximum absolute atomic E-state index is 12.5. The zero-order chi connectivity index (χ0) is 20.1. The van der Waals surface area contributed by atoms with E-state index >= 15 is 0 Å². The predicted octanol–water partition coefficient (Wildman–Crippen LogP) is 3.17. The molecule has 0 unspecified atom stereocenters. The van der Waals surface area contributed by atoms with Crippen molar-refractivity contribution in [3.8, 4) is 0 Å². The molecule has 0 saturated heterocycles. The van der Waals surface area contributed by atoms with Crippen LogP contribution >= 0.6 is 0 Å². The molecule has 1 saturated carbocycles. The molecule has 0 bridgehead atoms. The number of carbonyl (C=O) groups excluding carboxylic acids is 2. The number of rotatable bonds is 9. The summed E-state index contributed by atoms with van der Waals surface area (Å²) in [5.41, 5.74) is 3.74. The molecule has 0 spiro atoms. The maximum Gasteiger partial charge on any atom is 0.248 e. The maximum atomic E-state index is 12.5. The zero-order valence-corrected chi connectivity index (χ0v) is 16.4. The van der Waals surface area contributed by atoms with Crippen molar-refractivity contribution in [2.75, 3.05) is 26.0 Å². The topological polar surface area (TPSA) is 78.1 Å². The quantitative estimate of drug-likeness (QED) is 0.657. The number of allylic oxidation sites excluding steroid dienone is 1. The van der Waals surface area contributed by atoms with E-state index < -0.39 is 0 Å². The normalized spacial score (nSPS) is 13.8. The van der Waals surface area contributed by atoms with E-state index in [1.807, 2.05) is 25.1 Å². The number of anilines is 1. The molecule has 2 aromatic rings. The van der Waals surface area contributed by atoms with Crippen LogP contribution in [-0.4, -0.2) is 47.4 Å². The van der Waals surface area contributed by atoms with Gasteiger partial charge < -0.3 is 10.2 Å². The highest BCUT2D eigenvalue weighted by Gasteiger charge is 2.26. The standard InChI is InChI=1S/C22H26N4O2/c1-15(21(27)14-19-13-20(25-24-19)17-6-7-17)16-8-10-18(11-9-16)23-22(28)5-4-12-26(2)3/h4-5,8-11,13,17H,1,6-7,12,14H2,2-3H3,(H,23,28)(H,24,25)/b5-4+. The molecule has 2 N–H and O–H groups in total. The van der Waals surface area contributed by atoms with Gasteiger partial charge in [-0.2, -0.15) is 5.10 Å². The Morgan fingerprint density at radius 1 is 1.29 bits per heavy atom. The summed E-state index contributed by atoms with van der Waals surface area (Å²) >= 11 is 0. The molecule has 28 heavy (non-hydrogen) atoms. The molecular weight excluding hydrogens is 352 g/mol. The predicted molar refractivity (Wildman–Crippen MR) is 111 cm³/mol. The number of aromatic nitrogens is 2. The Bertz CT molecular complexity index is 890. The summed E-state index contributed by atoms with van der Waals surface area (Å²) in [6.45, 7) is 4.64. The summed E-state index contributed by atoms with van der Waals surface area (Å²) in [6.07, 6.45) is 5.93. The van der Waals surface area contributed by atoms with Crippen LogP contribution in [0.3, 0.4) is 0 Å². The minimum Gasteiger partial charge on any atom is -0.323 e. The van der Waals surface area contributed by atoms with Crippen LogP contribution in [0.1, 0.15) is 35.7 Å². The van der Waals surface area contributed by atoms with Gasteiger partial charge >= 0.3 is 0 Å². The van der Waals surface area contributed by atoms with E-state index in [-0.39, 0.29) is 18.1 Å². The molecule has 1 aromatic carbocycles. The van der Waals surface area contributed by atoms with Gasteiger partial charge in [-0.1, -0.05) is 24.8 Å². The zero-order valence-electron chi connectivity index (χ0n) is 16.4. The Labute approximate surface area is 165 Å². The number of hydrogen-bond donors (Lipinski definition) is 2. The highest BCUT2D eigenvalue weighted by molar-refractivity contribution is 6.20.